The molecule has 216 valence electrons. The lowest BCUT2D eigenvalue weighted by Gasteiger charge is -2.25. The number of methoxy groups -OCH3 is 1. The van der Waals surface area contributed by atoms with Crippen molar-refractivity contribution in [1.29, 1.82) is 0 Å². The first kappa shape index (κ1) is 29.6. The molecule has 0 spiro atoms. The Morgan fingerprint density at radius 3 is 2.45 bits per heavy atom. The summed E-state index contributed by atoms with van der Waals surface area (Å²) in [5.74, 6) is 1.65. The third-order valence-corrected chi connectivity index (χ3v) is 8.43. The summed E-state index contributed by atoms with van der Waals surface area (Å²) in [5.41, 5.74) is 2.94. The number of thiazole rings is 1. The maximum Gasteiger partial charge on any atom is 0.271 e. The lowest BCUT2D eigenvalue weighted by Crippen LogP contribution is -2.40. The van der Waals surface area contributed by atoms with Gasteiger partial charge in [-0.05, 0) is 97.0 Å². The second-order valence-electron chi connectivity index (χ2n) is 9.37. The van der Waals surface area contributed by atoms with E-state index in [1.54, 1.807) is 18.6 Å². The monoisotopic (exact) mass is 695 g/mol. The van der Waals surface area contributed by atoms with Crippen LogP contribution >= 0.6 is 33.9 Å². The minimum absolute atomic E-state index is 0.238. The minimum Gasteiger partial charge on any atom is -0.494 e. The molecule has 3 aromatic carbocycles. The Morgan fingerprint density at radius 1 is 1.07 bits per heavy atom. The number of hydrogen-bond acceptors (Lipinski definition) is 7. The smallest absolute Gasteiger partial charge is 0.271 e. The molecule has 0 unspecified atom stereocenters. The Balaban J connectivity index is 1.65. The highest BCUT2D eigenvalue weighted by molar-refractivity contribution is 14.1. The van der Waals surface area contributed by atoms with Gasteiger partial charge in [-0.3, -0.25) is 14.2 Å². The van der Waals surface area contributed by atoms with Crippen molar-refractivity contribution in [3.05, 3.63) is 112 Å². The van der Waals surface area contributed by atoms with Crippen molar-refractivity contribution in [3.63, 3.8) is 0 Å². The highest BCUT2D eigenvalue weighted by Crippen LogP contribution is 2.35. The number of anilines is 1. The van der Waals surface area contributed by atoms with Crippen LogP contribution in [0.2, 0.25) is 0 Å². The van der Waals surface area contributed by atoms with Crippen molar-refractivity contribution < 1.29 is 19.0 Å². The molecule has 1 aromatic heterocycles. The van der Waals surface area contributed by atoms with Gasteiger partial charge in [0.2, 0.25) is 0 Å². The summed E-state index contributed by atoms with van der Waals surface area (Å²) in [6, 6.07) is 19.8. The van der Waals surface area contributed by atoms with Crippen molar-refractivity contribution in [1.82, 2.24) is 4.57 Å². The van der Waals surface area contributed by atoms with E-state index in [0.717, 1.165) is 14.7 Å². The zero-order valence-corrected chi connectivity index (χ0v) is 26.6. The summed E-state index contributed by atoms with van der Waals surface area (Å²) in [6.45, 7) is 6.69. The van der Waals surface area contributed by atoms with E-state index in [1.165, 1.54) is 11.3 Å². The molecule has 1 amide bonds. The second-order valence-corrected chi connectivity index (χ2v) is 11.5. The predicted octanol–water partition coefficient (Wildman–Crippen LogP) is 5.28. The van der Waals surface area contributed by atoms with Crippen LogP contribution in [-0.4, -0.2) is 30.8 Å². The van der Waals surface area contributed by atoms with E-state index >= 15 is 0 Å². The molecule has 4 aromatic rings. The molecular formula is C32H30IN3O5S. The molecule has 0 saturated heterocycles. The standard InChI is InChI=1S/C32H30IN3O5S/c1-5-40-23-14-12-21(13-15-23)28-27(30(37)35-22-10-8-7-9-11-22)19(3)34-32-36(28)31(38)26(42-32)18-20-16-24(33)29(41-6-2)25(17-20)39-4/h7-18,28H,5-6H2,1-4H3,(H,35,37)/b26-18-/t28-/m0/s1. The minimum atomic E-state index is -0.683. The number of allylic oxidation sites excluding steroid dienone is 1. The summed E-state index contributed by atoms with van der Waals surface area (Å²) in [7, 11) is 1.59. The molecular weight excluding hydrogens is 665 g/mol. The number of rotatable bonds is 9. The van der Waals surface area contributed by atoms with Gasteiger partial charge in [0.05, 0.1) is 45.7 Å². The number of hydrogen-bond donors (Lipinski definition) is 1. The Hall–Kier alpha value is -3.90. The van der Waals surface area contributed by atoms with Crippen LogP contribution < -0.4 is 34.4 Å². The van der Waals surface area contributed by atoms with E-state index in [-0.39, 0.29) is 11.5 Å². The predicted molar refractivity (Wildman–Crippen MR) is 173 cm³/mol. The molecule has 10 heteroatoms. The highest BCUT2D eigenvalue weighted by Gasteiger charge is 2.32. The van der Waals surface area contributed by atoms with E-state index in [9.17, 15) is 9.59 Å². The van der Waals surface area contributed by atoms with Crippen molar-refractivity contribution >= 4 is 51.6 Å². The van der Waals surface area contributed by atoms with Gasteiger partial charge in [0.15, 0.2) is 16.3 Å². The molecule has 5 rings (SSSR count). The molecule has 8 nitrogen and oxygen atoms in total. The Bertz CT molecular complexity index is 1830. The average molecular weight is 696 g/mol. The van der Waals surface area contributed by atoms with Crippen LogP contribution in [0.3, 0.4) is 0 Å². The van der Waals surface area contributed by atoms with Crippen LogP contribution in [0, 0.1) is 3.57 Å². The molecule has 0 saturated carbocycles. The second kappa shape index (κ2) is 13.0. The molecule has 1 aliphatic heterocycles. The third-order valence-electron chi connectivity index (χ3n) is 6.64. The number of nitrogens with zero attached hydrogens (tertiary/aromatic N) is 2. The molecule has 0 radical (unpaired) electrons. The number of nitrogens with one attached hydrogen (secondary N) is 1. The van der Waals surface area contributed by atoms with Crippen molar-refractivity contribution in [2.24, 2.45) is 4.99 Å². The van der Waals surface area contributed by atoms with Crippen LogP contribution in [0.25, 0.3) is 6.08 Å². The van der Waals surface area contributed by atoms with Crippen molar-refractivity contribution in [3.8, 4) is 17.2 Å². The third kappa shape index (κ3) is 6.00. The SMILES string of the molecule is CCOc1ccc([C@H]2C(C(=O)Nc3ccccc3)=C(C)N=c3s/c(=C\c4cc(I)c(OCC)c(OC)c4)c(=O)n32)cc1. The summed E-state index contributed by atoms with van der Waals surface area (Å²) in [4.78, 5) is 33.1. The first-order chi connectivity index (χ1) is 20.3. The maximum absolute atomic E-state index is 14.1. The van der Waals surface area contributed by atoms with Gasteiger partial charge in [-0.15, -0.1) is 0 Å². The summed E-state index contributed by atoms with van der Waals surface area (Å²) in [6.07, 6.45) is 1.82. The topological polar surface area (TPSA) is 91.2 Å². The highest BCUT2D eigenvalue weighted by atomic mass is 127. The van der Waals surface area contributed by atoms with Crippen LogP contribution in [0.5, 0.6) is 17.2 Å². The zero-order valence-electron chi connectivity index (χ0n) is 23.6. The molecule has 1 N–H and O–H groups in total. The van der Waals surface area contributed by atoms with E-state index in [4.69, 9.17) is 19.2 Å². The maximum atomic E-state index is 14.1. The largest absolute Gasteiger partial charge is 0.494 e. The molecule has 0 fully saturated rings. The van der Waals surface area contributed by atoms with Crippen molar-refractivity contribution in [2.75, 3.05) is 25.6 Å². The normalized spacial score (nSPS) is 14.7. The lowest BCUT2D eigenvalue weighted by molar-refractivity contribution is -0.113. The van der Waals surface area contributed by atoms with Gasteiger partial charge in [-0.1, -0.05) is 41.7 Å². The number of amides is 1. The number of benzene rings is 3. The lowest BCUT2D eigenvalue weighted by atomic mass is 9.95. The quantitative estimate of drug-likeness (QED) is 0.241. The number of para-hydroxylation sites is 1. The Kier molecular flexibility index (Phi) is 9.12. The van der Waals surface area contributed by atoms with Gasteiger partial charge in [0.1, 0.15) is 5.75 Å². The van der Waals surface area contributed by atoms with Crippen LogP contribution in [0.4, 0.5) is 5.69 Å². The van der Waals surface area contributed by atoms with E-state index < -0.39 is 6.04 Å². The average Bonchev–Trinajstić information content (AvgIpc) is 3.28. The molecule has 2 heterocycles. The van der Waals surface area contributed by atoms with Gasteiger partial charge in [0.25, 0.3) is 11.5 Å². The number of ether oxygens (including phenoxy) is 3. The first-order valence-corrected chi connectivity index (χ1v) is 15.4. The van der Waals surface area contributed by atoms with Crippen LogP contribution in [0.15, 0.2) is 87.8 Å². The van der Waals surface area contributed by atoms with Gasteiger partial charge in [-0.25, -0.2) is 4.99 Å². The van der Waals surface area contributed by atoms with Crippen LogP contribution in [0.1, 0.15) is 37.9 Å². The molecule has 42 heavy (non-hydrogen) atoms. The van der Waals surface area contributed by atoms with Crippen LogP contribution in [-0.2, 0) is 4.79 Å². The Morgan fingerprint density at radius 2 is 1.79 bits per heavy atom. The van der Waals surface area contributed by atoms with E-state index in [0.29, 0.717) is 56.8 Å². The number of fused-ring (bicyclic) bond motifs is 1. The van der Waals surface area contributed by atoms with E-state index in [2.05, 4.69) is 27.9 Å². The molecule has 0 bridgehead atoms. The fraction of sp³-hybridized carbons (Fsp3) is 0.219. The van der Waals surface area contributed by atoms with Gasteiger partial charge >= 0.3 is 0 Å². The number of aromatic nitrogens is 1. The molecule has 0 aliphatic carbocycles. The fourth-order valence-corrected chi connectivity index (χ4v) is 6.65. The summed E-state index contributed by atoms with van der Waals surface area (Å²) < 4.78 is 19.9. The van der Waals surface area contributed by atoms with Gasteiger partial charge in [-0.2, -0.15) is 0 Å². The number of carbonyl (C=O) groups excluding carboxylic acids is 1. The van der Waals surface area contributed by atoms with Gasteiger partial charge in [0, 0.05) is 5.69 Å². The van der Waals surface area contributed by atoms with Gasteiger partial charge < -0.3 is 19.5 Å². The molecule has 1 atom stereocenters. The first-order valence-electron chi connectivity index (χ1n) is 13.5. The summed E-state index contributed by atoms with van der Waals surface area (Å²) in [5, 5.41) is 2.98. The zero-order chi connectivity index (χ0) is 29.8. The molecule has 1 aliphatic rings. The van der Waals surface area contributed by atoms with E-state index in [1.807, 2.05) is 86.7 Å². The fourth-order valence-electron chi connectivity index (χ4n) is 4.82. The number of halogens is 1. The Labute approximate surface area is 261 Å². The van der Waals surface area contributed by atoms with Crippen molar-refractivity contribution in [2.45, 2.75) is 26.8 Å². The number of carbonyl (C=O) groups is 1. The summed E-state index contributed by atoms with van der Waals surface area (Å²) >= 11 is 3.49.